The van der Waals surface area contributed by atoms with Crippen LogP contribution < -0.4 is 5.32 Å². The van der Waals surface area contributed by atoms with Crippen molar-refractivity contribution >= 4 is 28.5 Å². The van der Waals surface area contributed by atoms with E-state index in [1.165, 1.54) is 6.92 Å². The zero-order chi connectivity index (χ0) is 20.3. The second-order valence-corrected chi connectivity index (χ2v) is 6.68. The molecular formula is C22H20N2O4. The van der Waals surface area contributed by atoms with E-state index >= 15 is 0 Å². The number of fused-ring (bicyclic) bond motifs is 1. The van der Waals surface area contributed by atoms with E-state index in [0.29, 0.717) is 11.3 Å². The Labute approximate surface area is 162 Å². The fourth-order valence-corrected chi connectivity index (χ4v) is 2.79. The standard InChI is InChI=1S/C22H20N2O4/c1-13-8-19-17(12-27-20(19)9-14(13)2)10-21(25)28-15(3)22(26)24-18-6-4-16(11-23)5-7-18/h4-9,12,15H,10H2,1-3H3,(H,24,26)/t15-/m1/s1. The summed E-state index contributed by atoms with van der Waals surface area (Å²) in [5, 5.41) is 12.3. The second kappa shape index (κ2) is 7.97. The number of anilines is 1. The van der Waals surface area contributed by atoms with Crippen LogP contribution in [0, 0.1) is 25.2 Å². The van der Waals surface area contributed by atoms with Gasteiger partial charge in [0.1, 0.15) is 5.58 Å². The SMILES string of the molecule is Cc1cc2occ(CC(=O)O[C@H](C)C(=O)Nc3ccc(C#N)cc3)c2cc1C. The highest BCUT2D eigenvalue weighted by Crippen LogP contribution is 2.25. The normalized spacial score (nSPS) is 11.6. The van der Waals surface area contributed by atoms with Gasteiger partial charge in [0.15, 0.2) is 6.10 Å². The maximum atomic E-state index is 12.3. The summed E-state index contributed by atoms with van der Waals surface area (Å²) in [6.45, 7) is 5.51. The Kier molecular flexibility index (Phi) is 5.46. The van der Waals surface area contributed by atoms with Crippen LogP contribution in [0.5, 0.6) is 0 Å². The van der Waals surface area contributed by atoms with Gasteiger partial charge < -0.3 is 14.5 Å². The summed E-state index contributed by atoms with van der Waals surface area (Å²) in [6, 6.07) is 12.4. The van der Waals surface area contributed by atoms with Crippen molar-refractivity contribution in [3.63, 3.8) is 0 Å². The molecular weight excluding hydrogens is 356 g/mol. The average Bonchev–Trinajstić information content (AvgIpc) is 3.04. The van der Waals surface area contributed by atoms with Crippen LogP contribution in [0.4, 0.5) is 5.69 Å². The number of nitriles is 1. The minimum absolute atomic E-state index is 0.0178. The molecule has 28 heavy (non-hydrogen) atoms. The smallest absolute Gasteiger partial charge is 0.311 e. The Morgan fingerprint density at radius 2 is 1.86 bits per heavy atom. The van der Waals surface area contributed by atoms with E-state index in [9.17, 15) is 9.59 Å². The van der Waals surface area contributed by atoms with Crippen LogP contribution in [-0.2, 0) is 20.7 Å². The van der Waals surface area contributed by atoms with Gasteiger partial charge in [-0.3, -0.25) is 9.59 Å². The van der Waals surface area contributed by atoms with Gasteiger partial charge in [0.2, 0.25) is 0 Å². The van der Waals surface area contributed by atoms with Crippen LogP contribution in [0.25, 0.3) is 11.0 Å². The molecule has 1 aromatic heterocycles. The number of esters is 1. The summed E-state index contributed by atoms with van der Waals surface area (Å²) in [5.74, 6) is -0.954. The van der Waals surface area contributed by atoms with Crippen molar-refractivity contribution in [1.29, 1.82) is 5.26 Å². The summed E-state index contributed by atoms with van der Waals surface area (Å²) in [5.41, 5.74) is 4.69. The molecule has 2 aromatic carbocycles. The number of furan rings is 1. The molecule has 1 heterocycles. The van der Waals surface area contributed by atoms with Crippen molar-refractivity contribution in [3.05, 3.63) is 64.9 Å². The first-order valence-corrected chi connectivity index (χ1v) is 8.85. The molecule has 1 atom stereocenters. The van der Waals surface area contributed by atoms with Crippen LogP contribution in [0.3, 0.4) is 0 Å². The van der Waals surface area contributed by atoms with Gasteiger partial charge in [-0.05, 0) is 68.3 Å². The van der Waals surface area contributed by atoms with E-state index in [1.807, 2.05) is 32.0 Å². The third-order valence-electron chi connectivity index (χ3n) is 4.56. The first-order chi connectivity index (χ1) is 13.4. The highest BCUT2D eigenvalue weighted by Gasteiger charge is 2.20. The lowest BCUT2D eigenvalue weighted by atomic mass is 10.0. The molecule has 3 rings (SSSR count). The van der Waals surface area contributed by atoms with Gasteiger partial charge >= 0.3 is 5.97 Å². The molecule has 0 radical (unpaired) electrons. The Morgan fingerprint density at radius 1 is 1.18 bits per heavy atom. The van der Waals surface area contributed by atoms with Crippen molar-refractivity contribution in [2.75, 3.05) is 5.32 Å². The number of aryl methyl sites for hydroxylation is 2. The van der Waals surface area contributed by atoms with Crippen LogP contribution in [0.1, 0.15) is 29.2 Å². The van der Waals surface area contributed by atoms with Gasteiger partial charge in [0, 0.05) is 16.6 Å². The molecule has 142 valence electrons. The minimum Gasteiger partial charge on any atom is -0.464 e. The summed E-state index contributed by atoms with van der Waals surface area (Å²) < 4.78 is 10.8. The monoisotopic (exact) mass is 376 g/mol. The van der Waals surface area contributed by atoms with E-state index < -0.39 is 18.0 Å². The summed E-state index contributed by atoms with van der Waals surface area (Å²) >= 11 is 0. The first kappa shape index (κ1) is 19.2. The number of carbonyl (C=O) groups excluding carboxylic acids is 2. The molecule has 3 aromatic rings. The molecule has 6 nitrogen and oxygen atoms in total. The van der Waals surface area contributed by atoms with Crippen molar-refractivity contribution in [2.24, 2.45) is 0 Å². The topological polar surface area (TPSA) is 92.3 Å². The highest BCUT2D eigenvalue weighted by atomic mass is 16.5. The van der Waals surface area contributed by atoms with Gasteiger partial charge in [0.05, 0.1) is 24.3 Å². The Balaban J connectivity index is 1.61. The number of amides is 1. The molecule has 6 heteroatoms. The summed E-state index contributed by atoms with van der Waals surface area (Å²) in [7, 11) is 0. The quantitative estimate of drug-likeness (QED) is 0.679. The average molecular weight is 376 g/mol. The van der Waals surface area contributed by atoms with Crippen molar-refractivity contribution in [2.45, 2.75) is 33.3 Å². The molecule has 1 amide bonds. The van der Waals surface area contributed by atoms with E-state index in [2.05, 4.69) is 5.32 Å². The van der Waals surface area contributed by atoms with E-state index in [1.54, 1.807) is 30.5 Å². The molecule has 0 aliphatic heterocycles. The van der Waals surface area contributed by atoms with E-state index in [4.69, 9.17) is 14.4 Å². The lowest BCUT2D eigenvalue weighted by Gasteiger charge is -2.13. The minimum atomic E-state index is -0.953. The van der Waals surface area contributed by atoms with Gasteiger partial charge in [-0.2, -0.15) is 5.26 Å². The number of carbonyl (C=O) groups is 2. The van der Waals surface area contributed by atoms with E-state index in [-0.39, 0.29) is 6.42 Å². The number of benzene rings is 2. The molecule has 0 spiro atoms. The number of nitrogens with one attached hydrogen (secondary N) is 1. The van der Waals surface area contributed by atoms with Crippen molar-refractivity contribution in [1.82, 2.24) is 0 Å². The van der Waals surface area contributed by atoms with Crippen molar-refractivity contribution in [3.8, 4) is 6.07 Å². The first-order valence-electron chi connectivity index (χ1n) is 8.85. The van der Waals surface area contributed by atoms with Crippen LogP contribution in [0.15, 0.2) is 47.1 Å². The molecule has 0 unspecified atom stereocenters. The number of rotatable bonds is 5. The van der Waals surface area contributed by atoms with Gasteiger partial charge in [-0.15, -0.1) is 0 Å². The van der Waals surface area contributed by atoms with Gasteiger partial charge in [0.25, 0.3) is 5.91 Å². The second-order valence-electron chi connectivity index (χ2n) is 6.68. The summed E-state index contributed by atoms with van der Waals surface area (Å²) in [6.07, 6.45) is 0.612. The third-order valence-corrected chi connectivity index (χ3v) is 4.56. The molecule has 0 fully saturated rings. The van der Waals surface area contributed by atoms with Gasteiger partial charge in [-0.25, -0.2) is 0 Å². The van der Waals surface area contributed by atoms with Crippen LogP contribution in [-0.4, -0.2) is 18.0 Å². The fourth-order valence-electron chi connectivity index (χ4n) is 2.79. The largest absolute Gasteiger partial charge is 0.464 e. The Hall–Kier alpha value is -3.59. The predicted octanol–water partition coefficient (Wildman–Crippen LogP) is 4.03. The number of ether oxygens (including phenoxy) is 1. The van der Waals surface area contributed by atoms with E-state index in [0.717, 1.165) is 27.7 Å². The lowest BCUT2D eigenvalue weighted by molar-refractivity contribution is -0.152. The Bertz CT molecular complexity index is 1070. The van der Waals surface area contributed by atoms with Crippen LogP contribution >= 0.6 is 0 Å². The number of hydrogen-bond donors (Lipinski definition) is 1. The fraction of sp³-hybridized carbons (Fsp3) is 0.227. The predicted molar refractivity (Wildman–Crippen MR) is 105 cm³/mol. The lowest BCUT2D eigenvalue weighted by Crippen LogP contribution is -2.30. The third kappa shape index (κ3) is 4.21. The van der Waals surface area contributed by atoms with Gasteiger partial charge in [-0.1, -0.05) is 0 Å². The molecule has 0 bridgehead atoms. The Morgan fingerprint density at radius 3 is 2.54 bits per heavy atom. The van der Waals surface area contributed by atoms with Crippen molar-refractivity contribution < 1.29 is 18.7 Å². The zero-order valence-electron chi connectivity index (χ0n) is 15.9. The number of nitrogens with zero attached hydrogens (tertiary/aromatic N) is 1. The summed E-state index contributed by atoms with van der Waals surface area (Å²) in [4.78, 5) is 24.5. The zero-order valence-corrected chi connectivity index (χ0v) is 15.9. The molecule has 1 N–H and O–H groups in total. The molecule has 0 saturated heterocycles. The molecule has 0 aliphatic carbocycles. The molecule has 0 saturated carbocycles. The number of hydrogen-bond acceptors (Lipinski definition) is 5. The maximum Gasteiger partial charge on any atom is 0.311 e. The maximum absolute atomic E-state index is 12.3. The molecule has 0 aliphatic rings. The highest BCUT2D eigenvalue weighted by molar-refractivity contribution is 5.95. The van der Waals surface area contributed by atoms with Crippen LogP contribution in [0.2, 0.25) is 0 Å².